The van der Waals surface area contributed by atoms with Gasteiger partial charge in [0.25, 0.3) is 0 Å². The second kappa shape index (κ2) is 6.91. The van der Waals surface area contributed by atoms with Crippen molar-refractivity contribution in [3.8, 4) is 0 Å². The molecule has 2 nitrogen and oxygen atoms in total. The fourth-order valence-corrected chi connectivity index (χ4v) is 3.45. The van der Waals surface area contributed by atoms with Crippen LogP contribution >= 0.6 is 0 Å². The molecule has 1 aliphatic carbocycles. The van der Waals surface area contributed by atoms with Gasteiger partial charge in [-0.15, -0.1) is 0 Å². The Morgan fingerprint density at radius 2 is 1.94 bits per heavy atom. The lowest BCUT2D eigenvalue weighted by Crippen LogP contribution is -2.48. The van der Waals surface area contributed by atoms with Crippen molar-refractivity contribution in [1.82, 2.24) is 5.32 Å². The summed E-state index contributed by atoms with van der Waals surface area (Å²) in [5.74, 6) is 1.48. The first kappa shape index (κ1) is 16.0. The zero-order chi connectivity index (χ0) is 13.8. The Morgan fingerprint density at radius 3 is 2.44 bits per heavy atom. The highest BCUT2D eigenvalue weighted by Crippen LogP contribution is 2.38. The Bertz CT molecular complexity index is 237. The topological polar surface area (TPSA) is 21.3 Å². The van der Waals surface area contributed by atoms with Gasteiger partial charge in [0, 0.05) is 18.7 Å². The van der Waals surface area contributed by atoms with E-state index in [0.717, 1.165) is 19.1 Å². The zero-order valence-electron chi connectivity index (χ0n) is 13.3. The molecule has 0 aliphatic heterocycles. The van der Waals surface area contributed by atoms with Crippen LogP contribution in [0.25, 0.3) is 0 Å². The quantitative estimate of drug-likeness (QED) is 0.778. The largest absolute Gasteiger partial charge is 0.380 e. The third-order valence-corrected chi connectivity index (χ3v) is 4.14. The van der Waals surface area contributed by atoms with E-state index >= 15 is 0 Å². The first-order chi connectivity index (χ1) is 8.34. The highest BCUT2D eigenvalue weighted by molar-refractivity contribution is 4.88. The normalized spacial score (nSPS) is 29.5. The Kier molecular flexibility index (Phi) is 6.13. The highest BCUT2D eigenvalue weighted by Gasteiger charge is 2.33. The molecule has 0 spiro atoms. The van der Waals surface area contributed by atoms with Crippen LogP contribution in [-0.2, 0) is 4.74 Å². The Morgan fingerprint density at radius 1 is 1.28 bits per heavy atom. The van der Waals surface area contributed by atoms with Crippen molar-refractivity contribution in [2.24, 2.45) is 17.3 Å². The van der Waals surface area contributed by atoms with E-state index in [1.165, 1.54) is 19.3 Å². The van der Waals surface area contributed by atoms with E-state index in [2.05, 4.69) is 46.9 Å². The van der Waals surface area contributed by atoms with Crippen LogP contribution < -0.4 is 5.32 Å². The lowest BCUT2D eigenvalue weighted by atomic mass is 9.70. The number of ether oxygens (including phenoxy) is 1. The molecule has 1 fully saturated rings. The Hall–Kier alpha value is -0.0800. The van der Waals surface area contributed by atoms with Crippen LogP contribution in [0.2, 0.25) is 0 Å². The van der Waals surface area contributed by atoms with E-state index in [9.17, 15) is 0 Å². The summed E-state index contributed by atoms with van der Waals surface area (Å²) in [7, 11) is 0. The predicted molar refractivity (Wildman–Crippen MR) is 78.8 cm³/mol. The smallest absolute Gasteiger partial charge is 0.0622 e. The van der Waals surface area contributed by atoms with E-state index in [1.54, 1.807) is 0 Å². The number of hydrogen-bond acceptors (Lipinski definition) is 2. The fourth-order valence-electron chi connectivity index (χ4n) is 3.45. The maximum atomic E-state index is 5.61. The SMILES string of the molecule is CCOCC(NC1CC(C)CC(C)(C)C1)C(C)C. The second-order valence-corrected chi connectivity index (χ2v) is 7.29. The molecule has 3 unspecified atom stereocenters. The number of nitrogens with one attached hydrogen (secondary N) is 1. The minimum atomic E-state index is 0.489. The van der Waals surface area contributed by atoms with E-state index in [-0.39, 0.29) is 0 Å². The fraction of sp³-hybridized carbons (Fsp3) is 1.00. The molecule has 1 N–H and O–H groups in total. The van der Waals surface area contributed by atoms with Crippen molar-refractivity contribution in [1.29, 1.82) is 0 Å². The van der Waals surface area contributed by atoms with Crippen molar-refractivity contribution in [3.63, 3.8) is 0 Å². The van der Waals surface area contributed by atoms with Crippen molar-refractivity contribution >= 4 is 0 Å². The molecule has 0 radical (unpaired) electrons. The average molecular weight is 255 g/mol. The van der Waals surface area contributed by atoms with Crippen LogP contribution in [0, 0.1) is 17.3 Å². The van der Waals surface area contributed by atoms with Gasteiger partial charge in [0.1, 0.15) is 0 Å². The molecule has 0 aromatic heterocycles. The van der Waals surface area contributed by atoms with Gasteiger partial charge in [0.05, 0.1) is 6.61 Å². The van der Waals surface area contributed by atoms with Crippen LogP contribution in [0.3, 0.4) is 0 Å². The molecule has 0 saturated heterocycles. The molecule has 3 atom stereocenters. The lowest BCUT2D eigenvalue weighted by Gasteiger charge is -2.41. The standard InChI is InChI=1S/C16H33NO/c1-7-18-11-15(12(2)3)17-14-8-13(4)9-16(5,6)10-14/h12-15,17H,7-11H2,1-6H3. The maximum Gasteiger partial charge on any atom is 0.0622 e. The molecule has 0 amide bonds. The Labute approximate surface area is 114 Å². The van der Waals surface area contributed by atoms with Gasteiger partial charge in [-0.25, -0.2) is 0 Å². The number of hydrogen-bond donors (Lipinski definition) is 1. The molecule has 2 heteroatoms. The van der Waals surface area contributed by atoms with Crippen LogP contribution in [0.4, 0.5) is 0 Å². The van der Waals surface area contributed by atoms with E-state index in [0.29, 0.717) is 23.4 Å². The summed E-state index contributed by atoms with van der Waals surface area (Å²) >= 11 is 0. The second-order valence-electron chi connectivity index (χ2n) is 7.29. The molecule has 108 valence electrons. The first-order valence-corrected chi connectivity index (χ1v) is 7.68. The third kappa shape index (κ3) is 5.27. The summed E-state index contributed by atoms with van der Waals surface area (Å²) in [6, 6.07) is 1.16. The molecule has 18 heavy (non-hydrogen) atoms. The van der Waals surface area contributed by atoms with Crippen LogP contribution in [0.5, 0.6) is 0 Å². The molecule has 0 heterocycles. The van der Waals surface area contributed by atoms with Gasteiger partial charge in [-0.3, -0.25) is 0 Å². The molecule has 1 aliphatic rings. The van der Waals surface area contributed by atoms with E-state index in [4.69, 9.17) is 4.74 Å². The molecule has 1 rings (SSSR count). The van der Waals surface area contributed by atoms with Gasteiger partial charge >= 0.3 is 0 Å². The monoisotopic (exact) mass is 255 g/mol. The van der Waals surface area contributed by atoms with Crippen molar-refractivity contribution < 1.29 is 4.74 Å². The summed E-state index contributed by atoms with van der Waals surface area (Å²) in [4.78, 5) is 0. The lowest BCUT2D eigenvalue weighted by molar-refractivity contribution is 0.0835. The summed E-state index contributed by atoms with van der Waals surface area (Å²) in [5, 5.41) is 3.85. The van der Waals surface area contributed by atoms with E-state index < -0.39 is 0 Å². The van der Waals surface area contributed by atoms with Crippen LogP contribution in [0.15, 0.2) is 0 Å². The molecule has 0 aromatic carbocycles. The summed E-state index contributed by atoms with van der Waals surface area (Å²) in [5.41, 5.74) is 0.489. The summed E-state index contributed by atoms with van der Waals surface area (Å²) in [6.07, 6.45) is 3.98. The van der Waals surface area contributed by atoms with Gasteiger partial charge in [-0.05, 0) is 43.4 Å². The minimum absolute atomic E-state index is 0.489. The van der Waals surface area contributed by atoms with Crippen LogP contribution in [0.1, 0.15) is 60.8 Å². The Balaban J connectivity index is 2.52. The zero-order valence-corrected chi connectivity index (χ0v) is 13.3. The summed E-state index contributed by atoms with van der Waals surface area (Å²) < 4.78 is 5.61. The van der Waals surface area contributed by atoms with Crippen molar-refractivity contribution in [2.75, 3.05) is 13.2 Å². The highest BCUT2D eigenvalue weighted by atomic mass is 16.5. The van der Waals surface area contributed by atoms with Crippen molar-refractivity contribution in [3.05, 3.63) is 0 Å². The first-order valence-electron chi connectivity index (χ1n) is 7.68. The molecular weight excluding hydrogens is 222 g/mol. The molecular formula is C16H33NO. The molecule has 0 aromatic rings. The summed E-state index contributed by atoms with van der Waals surface area (Å²) in [6.45, 7) is 15.5. The third-order valence-electron chi connectivity index (χ3n) is 4.14. The average Bonchev–Trinajstić information content (AvgIpc) is 2.20. The van der Waals surface area contributed by atoms with Gasteiger partial charge in [-0.1, -0.05) is 34.6 Å². The molecule has 1 saturated carbocycles. The van der Waals surface area contributed by atoms with Gasteiger partial charge in [0.15, 0.2) is 0 Å². The van der Waals surface area contributed by atoms with Crippen molar-refractivity contribution in [2.45, 2.75) is 72.9 Å². The predicted octanol–water partition coefficient (Wildman–Crippen LogP) is 3.85. The maximum absolute atomic E-state index is 5.61. The van der Waals surface area contributed by atoms with E-state index in [1.807, 2.05) is 0 Å². The van der Waals surface area contributed by atoms with Crippen LogP contribution in [-0.4, -0.2) is 25.3 Å². The van der Waals surface area contributed by atoms with Gasteiger partial charge in [0.2, 0.25) is 0 Å². The van der Waals surface area contributed by atoms with Gasteiger partial charge < -0.3 is 10.1 Å². The number of rotatable bonds is 6. The van der Waals surface area contributed by atoms with Gasteiger partial charge in [-0.2, -0.15) is 0 Å². The minimum Gasteiger partial charge on any atom is -0.380 e. The molecule has 0 bridgehead atoms.